The summed E-state index contributed by atoms with van der Waals surface area (Å²) in [5.41, 5.74) is 0. The fourth-order valence-corrected chi connectivity index (χ4v) is 0.785. The van der Waals surface area contributed by atoms with Crippen LogP contribution in [0.25, 0.3) is 0 Å². The van der Waals surface area contributed by atoms with Crippen LogP contribution >= 0.6 is 0 Å². The van der Waals surface area contributed by atoms with Gasteiger partial charge in [-0.15, -0.1) is 0 Å². The minimum atomic E-state index is 0.792. The lowest BCUT2D eigenvalue weighted by Gasteiger charge is -2.31. The largest absolute Gasteiger partial charge is 0.306 e. The van der Waals surface area contributed by atoms with E-state index < -0.39 is 0 Å². The molecule has 0 spiro atoms. The van der Waals surface area contributed by atoms with Gasteiger partial charge in [0.2, 0.25) is 0 Å². The van der Waals surface area contributed by atoms with Crippen molar-refractivity contribution in [2.75, 3.05) is 14.1 Å². The summed E-state index contributed by atoms with van der Waals surface area (Å²) in [6.45, 7) is 0. The second-order valence-electron chi connectivity index (χ2n) is 2.34. The maximum atomic E-state index is 2.35. The molecule has 1 saturated carbocycles. The van der Waals surface area contributed by atoms with Gasteiger partial charge in [0.15, 0.2) is 0 Å². The maximum Gasteiger partial charge on any atom is 0.0121 e. The Morgan fingerprint density at radius 3 is 2.14 bits per heavy atom. The molecule has 41 valence electrons. The zero-order valence-corrected chi connectivity index (χ0v) is 5.02. The average Bonchev–Trinajstić information content (AvgIpc) is 1.23. The monoisotopic (exact) mass is 98.1 g/mol. The molecule has 0 saturated heterocycles. The van der Waals surface area contributed by atoms with Gasteiger partial charge in [0, 0.05) is 6.04 Å². The molecule has 1 unspecified atom stereocenters. The Balaban J connectivity index is 2.14. The van der Waals surface area contributed by atoms with E-state index in [-0.39, 0.29) is 0 Å². The summed E-state index contributed by atoms with van der Waals surface area (Å²) in [4.78, 5) is 2.25. The molecular formula is C6H12N. The first-order valence-corrected chi connectivity index (χ1v) is 2.80. The van der Waals surface area contributed by atoms with Crippen molar-refractivity contribution in [1.29, 1.82) is 0 Å². The molecule has 1 aliphatic rings. The number of rotatable bonds is 1. The van der Waals surface area contributed by atoms with Gasteiger partial charge >= 0.3 is 0 Å². The molecule has 1 fully saturated rings. The topological polar surface area (TPSA) is 3.24 Å². The predicted octanol–water partition coefficient (Wildman–Crippen LogP) is 0.915. The predicted molar refractivity (Wildman–Crippen MR) is 31.0 cm³/mol. The van der Waals surface area contributed by atoms with Gasteiger partial charge in [-0.2, -0.15) is 0 Å². The Morgan fingerprint density at radius 1 is 1.57 bits per heavy atom. The summed E-state index contributed by atoms with van der Waals surface area (Å²) >= 11 is 0. The third-order valence-electron chi connectivity index (χ3n) is 1.56. The third-order valence-corrected chi connectivity index (χ3v) is 1.56. The highest BCUT2D eigenvalue weighted by molar-refractivity contribution is 4.93. The van der Waals surface area contributed by atoms with Crippen LogP contribution in [0.3, 0.4) is 0 Å². The summed E-state index contributed by atoms with van der Waals surface area (Å²) in [7, 11) is 4.25. The van der Waals surface area contributed by atoms with Crippen molar-refractivity contribution in [3.05, 3.63) is 6.42 Å². The van der Waals surface area contributed by atoms with Crippen LogP contribution in [0.4, 0.5) is 0 Å². The molecule has 1 rings (SSSR count). The first-order valence-electron chi connectivity index (χ1n) is 2.80. The van der Waals surface area contributed by atoms with E-state index in [9.17, 15) is 0 Å². The summed E-state index contributed by atoms with van der Waals surface area (Å²) in [6.07, 6.45) is 5.04. The van der Waals surface area contributed by atoms with Gasteiger partial charge in [-0.1, -0.05) is 0 Å². The molecule has 1 aliphatic carbocycles. The van der Waals surface area contributed by atoms with E-state index in [1.165, 1.54) is 12.8 Å². The van der Waals surface area contributed by atoms with E-state index >= 15 is 0 Å². The van der Waals surface area contributed by atoms with E-state index in [1.807, 2.05) is 0 Å². The third kappa shape index (κ3) is 0.942. The Kier molecular flexibility index (Phi) is 1.33. The van der Waals surface area contributed by atoms with Crippen LogP contribution in [0.5, 0.6) is 0 Å². The van der Waals surface area contributed by atoms with Crippen molar-refractivity contribution in [3.8, 4) is 0 Å². The molecule has 0 aliphatic heterocycles. The van der Waals surface area contributed by atoms with E-state index in [0.717, 1.165) is 6.04 Å². The fraction of sp³-hybridized carbons (Fsp3) is 0.833. The fourth-order valence-electron chi connectivity index (χ4n) is 0.785. The Bertz CT molecular complexity index is 55.2. The first kappa shape index (κ1) is 5.10. The molecule has 1 radical (unpaired) electrons. The molecule has 0 aromatic carbocycles. The Hall–Kier alpha value is -0.0400. The van der Waals surface area contributed by atoms with E-state index in [0.29, 0.717) is 0 Å². The minimum Gasteiger partial charge on any atom is -0.306 e. The molecule has 1 nitrogen and oxygen atoms in total. The van der Waals surface area contributed by atoms with Crippen molar-refractivity contribution in [1.82, 2.24) is 4.90 Å². The van der Waals surface area contributed by atoms with E-state index in [1.54, 1.807) is 0 Å². The SMILES string of the molecule is CN(C)C1[CH]CC1. The zero-order chi connectivity index (χ0) is 5.28. The lowest BCUT2D eigenvalue weighted by molar-refractivity contribution is 0.258. The molecule has 0 aromatic rings. The molecule has 0 heterocycles. The van der Waals surface area contributed by atoms with Crippen LogP contribution in [0.1, 0.15) is 12.8 Å². The highest BCUT2D eigenvalue weighted by Gasteiger charge is 2.18. The molecule has 1 atom stereocenters. The van der Waals surface area contributed by atoms with Crippen LogP contribution < -0.4 is 0 Å². The number of hydrogen-bond donors (Lipinski definition) is 0. The van der Waals surface area contributed by atoms with Crippen LogP contribution in [-0.2, 0) is 0 Å². The standard InChI is InChI=1S/C6H12N/c1-7(2)6-4-3-5-6/h4,6H,3,5H2,1-2H3. The van der Waals surface area contributed by atoms with Gasteiger partial charge in [0.25, 0.3) is 0 Å². The number of nitrogens with zero attached hydrogens (tertiary/aromatic N) is 1. The Labute approximate surface area is 45.3 Å². The molecule has 7 heavy (non-hydrogen) atoms. The minimum absolute atomic E-state index is 0.792. The molecular weight excluding hydrogens is 86.1 g/mol. The van der Waals surface area contributed by atoms with Crippen molar-refractivity contribution < 1.29 is 0 Å². The molecule has 0 bridgehead atoms. The maximum absolute atomic E-state index is 2.35. The quantitative estimate of drug-likeness (QED) is 0.471. The summed E-state index contributed by atoms with van der Waals surface area (Å²) in [6, 6.07) is 0.792. The number of hydrogen-bond acceptors (Lipinski definition) is 1. The summed E-state index contributed by atoms with van der Waals surface area (Å²) in [5, 5.41) is 0. The van der Waals surface area contributed by atoms with Crippen molar-refractivity contribution in [3.63, 3.8) is 0 Å². The van der Waals surface area contributed by atoms with Crippen LogP contribution in [-0.4, -0.2) is 25.0 Å². The molecule has 0 amide bonds. The lowest BCUT2D eigenvalue weighted by Crippen LogP contribution is -2.34. The van der Waals surface area contributed by atoms with Gasteiger partial charge < -0.3 is 4.90 Å². The second kappa shape index (κ2) is 1.83. The van der Waals surface area contributed by atoms with E-state index in [2.05, 4.69) is 25.4 Å². The van der Waals surface area contributed by atoms with Gasteiger partial charge in [0.1, 0.15) is 0 Å². The lowest BCUT2D eigenvalue weighted by atomic mass is 9.92. The van der Waals surface area contributed by atoms with Crippen molar-refractivity contribution in [2.24, 2.45) is 0 Å². The first-order chi connectivity index (χ1) is 3.30. The van der Waals surface area contributed by atoms with Crippen LogP contribution in [0.15, 0.2) is 0 Å². The van der Waals surface area contributed by atoms with Gasteiger partial charge in [-0.25, -0.2) is 0 Å². The van der Waals surface area contributed by atoms with Gasteiger partial charge in [0.05, 0.1) is 0 Å². The normalized spacial score (nSPS) is 22.7. The highest BCUT2D eigenvalue weighted by atomic mass is 15.1. The van der Waals surface area contributed by atoms with Crippen LogP contribution in [0.2, 0.25) is 0 Å². The molecule has 0 N–H and O–H groups in total. The zero-order valence-electron chi connectivity index (χ0n) is 5.02. The van der Waals surface area contributed by atoms with Crippen molar-refractivity contribution in [2.45, 2.75) is 18.9 Å². The highest BCUT2D eigenvalue weighted by Crippen LogP contribution is 2.20. The average molecular weight is 98.2 g/mol. The van der Waals surface area contributed by atoms with Crippen molar-refractivity contribution >= 4 is 0 Å². The second-order valence-corrected chi connectivity index (χ2v) is 2.34. The van der Waals surface area contributed by atoms with Gasteiger partial charge in [-0.3, -0.25) is 0 Å². The van der Waals surface area contributed by atoms with Gasteiger partial charge in [-0.05, 0) is 33.4 Å². The molecule has 1 heteroatoms. The summed E-state index contributed by atoms with van der Waals surface area (Å²) in [5.74, 6) is 0. The smallest absolute Gasteiger partial charge is 0.0121 e. The van der Waals surface area contributed by atoms with Crippen LogP contribution in [0, 0.1) is 6.42 Å². The van der Waals surface area contributed by atoms with E-state index in [4.69, 9.17) is 0 Å². The molecule has 0 aromatic heterocycles. The summed E-state index contributed by atoms with van der Waals surface area (Å²) < 4.78 is 0. The Morgan fingerprint density at radius 2 is 2.14 bits per heavy atom.